The van der Waals surface area contributed by atoms with Crippen molar-refractivity contribution < 1.29 is 28.6 Å². The van der Waals surface area contributed by atoms with Gasteiger partial charge < -0.3 is 14.2 Å². The Labute approximate surface area is 479 Å². The van der Waals surface area contributed by atoms with Crippen LogP contribution in [-0.4, -0.2) is 37.2 Å². The van der Waals surface area contributed by atoms with E-state index >= 15 is 0 Å². The van der Waals surface area contributed by atoms with Gasteiger partial charge in [-0.05, 0) is 83.5 Å². The van der Waals surface area contributed by atoms with Crippen molar-refractivity contribution in [1.82, 2.24) is 0 Å². The summed E-state index contributed by atoms with van der Waals surface area (Å²) in [5.74, 6) is -0.909. The van der Waals surface area contributed by atoms with Gasteiger partial charge >= 0.3 is 17.9 Å². The van der Waals surface area contributed by atoms with Gasteiger partial charge in [-0.2, -0.15) is 0 Å². The van der Waals surface area contributed by atoms with Crippen molar-refractivity contribution >= 4 is 17.9 Å². The first kappa shape index (κ1) is 74.1. The van der Waals surface area contributed by atoms with Crippen LogP contribution in [0, 0.1) is 0 Å². The quantitative estimate of drug-likeness (QED) is 0.0261. The highest BCUT2D eigenvalue weighted by atomic mass is 16.6. The molecule has 1 atom stereocenters. The molecule has 0 saturated heterocycles. The smallest absolute Gasteiger partial charge is 0.306 e. The highest BCUT2D eigenvalue weighted by Gasteiger charge is 2.19. The van der Waals surface area contributed by atoms with E-state index in [1.807, 2.05) is 0 Å². The molecule has 0 N–H and O–H groups in total. The number of allylic oxidation sites excluding steroid dienone is 10. The van der Waals surface area contributed by atoms with Crippen LogP contribution in [0.4, 0.5) is 0 Å². The molecule has 0 saturated carbocycles. The molecule has 0 fully saturated rings. The summed E-state index contributed by atoms with van der Waals surface area (Å²) in [5.41, 5.74) is 0. The number of unbranched alkanes of at least 4 members (excludes halogenated alkanes) is 41. The van der Waals surface area contributed by atoms with Gasteiger partial charge in [0.2, 0.25) is 0 Å². The molecule has 0 spiro atoms. The fourth-order valence-electron chi connectivity index (χ4n) is 9.96. The van der Waals surface area contributed by atoms with Crippen molar-refractivity contribution in [2.75, 3.05) is 13.2 Å². The molecular formula is C71H128O6. The summed E-state index contributed by atoms with van der Waals surface area (Å²) in [6.45, 7) is 6.54. The fourth-order valence-corrected chi connectivity index (χ4v) is 9.96. The standard InChI is InChI=1S/C71H128O6/c1-4-7-10-13-16-19-22-25-28-30-32-33-34-35-36-37-39-40-43-46-49-52-55-58-61-64-70(73)76-67-68(66-75-69(72)63-60-57-54-51-48-45-42-27-24-21-18-15-12-9-6-3)77-71(74)65-62-59-56-53-50-47-44-41-38-31-29-26-23-20-17-14-11-8-5-2/h9,12,18,21,26-27,29,42,48,51,68H,4-8,10-11,13-17,19-20,22-25,28,30-41,43-47,49-50,52-67H2,1-3H3/b12-9-,21-18-,29-26-,42-27-,51-48-. The minimum absolute atomic E-state index is 0.0847. The lowest BCUT2D eigenvalue weighted by atomic mass is 10.0. The molecule has 77 heavy (non-hydrogen) atoms. The predicted octanol–water partition coefficient (Wildman–Crippen LogP) is 23.1. The summed E-state index contributed by atoms with van der Waals surface area (Å²) in [4.78, 5) is 38.4. The molecule has 0 aromatic heterocycles. The maximum absolute atomic E-state index is 12.9. The Balaban J connectivity index is 4.30. The molecule has 6 nitrogen and oxygen atoms in total. The lowest BCUT2D eigenvalue weighted by Gasteiger charge is -2.18. The van der Waals surface area contributed by atoms with E-state index in [9.17, 15) is 14.4 Å². The topological polar surface area (TPSA) is 78.9 Å². The van der Waals surface area contributed by atoms with E-state index in [0.29, 0.717) is 19.3 Å². The lowest BCUT2D eigenvalue weighted by molar-refractivity contribution is -0.167. The van der Waals surface area contributed by atoms with E-state index in [-0.39, 0.29) is 31.1 Å². The van der Waals surface area contributed by atoms with Gasteiger partial charge in [0, 0.05) is 19.3 Å². The Kier molecular flexibility index (Phi) is 63.2. The van der Waals surface area contributed by atoms with Gasteiger partial charge in [-0.1, -0.05) is 313 Å². The van der Waals surface area contributed by atoms with Crippen molar-refractivity contribution in [1.29, 1.82) is 0 Å². The number of carbonyl (C=O) groups excluding carboxylic acids is 3. The average molecular weight is 1080 g/mol. The average Bonchev–Trinajstić information content (AvgIpc) is 3.43. The summed E-state index contributed by atoms with van der Waals surface area (Å²) < 4.78 is 16.9. The van der Waals surface area contributed by atoms with Gasteiger partial charge in [-0.25, -0.2) is 0 Å². The second-order valence-corrected chi connectivity index (χ2v) is 22.7. The molecule has 0 aliphatic carbocycles. The first-order valence-corrected chi connectivity index (χ1v) is 33.8. The number of hydrogen-bond donors (Lipinski definition) is 0. The second kappa shape index (κ2) is 65.6. The van der Waals surface area contributed by atoms with Gasteiger partial charge in [0.25, 0.3) is 0 Å². The summed E-state index contributed by atoms with van der Waals surface area (Å²) in [5, 5.41) is 0. The molecule has 1 unspecified atom stereocenters. The molecule has 448 valence electrons. The molecule has 0 aromatic rings. The van der Waals surface area contributed by atoms with Crippen molar-refractivity contribution in [2.24, 2.45) is 0 Å². The molecule has 0 heterocycles. The number of hydrogen-bond acceptors (Lipinski definition) is 6. The summed E-state index contributed by atoms with van der Waals surface area (Å²) in [6.07, 6.45) is 83.9. The molecule has 0 aromatic carbocycles. The van der Waals surface area contributed by atoms with E-state index < -0.39 is 6.10 Å². The largest absolute Gasteiger partial charge is 0.462 e. The van der Waals surface area contributed by atoms with Crippen molar-refractivity contribution in [3.05, 3.63) is 60.8 Å². The zero-order valence-corrected chi connectivity index (χ0v) is 51.5. The predicted molar refractivity (Wildman–Crippen MR) is 335 cm³/mol. The number of ether oxygens (including phenoxy) is 3. The molecule has 0 rings (SSSR count). The van der Waals surface area contributed by atoms with E-state index in [1.165, 1.54) is 231 Å². The Bertz CT molecular complexity index is 1380. The SMILES string of the molecule is CC/C=C\C/C=C\C/C=C\C/C=C\CCCCC(=O)OCC(COC(=O)CCCCCCCCCCCCCCCCCCCCCCCCCCC)OC(=O)CCCCCCCCCCC/C=C\CCCCCCCC. The Hall–Kier alpha value is -2.89. The van der Waals surface area contributed by atoms with Crippen molar-refractivity contribution in [3.63, 3.8) is 0 Å². The zero-order valence-electron chi connectivity index (χ0n) is 51.5. The van der Waals surface area contributed by atoms with Gasteiger partial charge in [0.15, 0.2) is 6.10 Å². The van der Waals surface area contributed by atoms with E-state index in [0.717, 1.165) is 83.5 Å². The Morgan fingerprint density at radius 2 is 0.506 bits per heavy atom. The third kappa shape index (κ3) is 63.8. The van der Waals surface area contributed by atoms with Crippen LogP contribution >= 0.6 is 0 Å². The van der Waals surface area contributed by atoms with Crippen LogP contribution in [0.5, 0.6) is 0 Å². The second-order valence-electron chi connectivity index (χ2n) is 22.7. The monoisotopic (exact) mass is 1080 g/mol. The van der Waals surface area contributed by atoms with Crippen LogP contribution in [-0.2, 0) is 28.6 Å². The van der Waals surface area contributed by atoms with E-state index in [4.69, 9.17) is 14.2 Å². The molecule has 0 aliphatic heterocycles. The van der Waals surface area contributed by atoms with Crippen LogP contribution in [0.15, 0.2) is 60.8 Å². The van der Waals surface area contributed by atoms with Crippen LogP contribution in [0.3, 0.4) is 0 Å². The van der Waals surface area contributed by atoms with Crippen LogP contribution in [0.1, 0.15) is 355 Å². The Morgan fingerprint density at radius 3 is 0.831 bits per heavy atom. The highest BCUT2D eigenvalue weighted by Crippen LogP contribution is 2.18. The van der Waals surface area contributed by atoms with E-state index in [2.05, 4.69) is 81.5 Å². The van der Waals surface area contributed by atoms with Gasteiger partial charge in [-0.15, -0.1) is 0 Å². The summed E-state index contributed by atoms with van der Waals surface area (Å²) in [7, 11) is 0. The zero-order chi connectivity index (χ0) is 55.7. The molecule has 0 amide bonds. The Morgan fingerprint density at radius 1 is 0.273 bits per heavy atom. The molecule has 0 radical (unpaired) electrons. The van der Waals surface area contributed by atoms with Crippen molar-refractivity contribution in [2.45, 2.75) is 361 Å². The number of rotatable bonds is 62. The van der Waals surface area contributed by atoms with Crippen LogP contribution < -0.4 is 0 Å². The number of carbonyl (C=O) groups is 3. The first-order valence-electron chi connectivity index (χ1n) is 33.8. The summed E-state index contributed by atoms with van der Waals surface area (Å²) in [6, 6.07) is 0. The lowest BCUT2D eigenvalue weighted by Crippen LogP contribution is -2.30. The molecular weight excluding hydrogens is 949 g/mol. The number of esters is 3. The third-order valence-corrected chi connectivity index (χ3v) is 15.0. The van der Waals surface area contributed by atoms with Gasteiger partial charge in [0.1, 0.15) is 13.2 Å². The fraction of sp³-hybridized carbons (Fsp3) is 0.817. The highest BCUT2D eigenvalue weighted by molar-refractivity contribution is 5.71. The molecule has 0 aliphatic rings. The van der Waals surface area contributed by atoms with Gasteiger partial charge in [0.05, 0.1) is 0 Å². The maximum Gasteiger partial charge on any atom is 0.306 e. The van der Waals surface area contributed by atoms with Gasteiger partial charge in [-0.3, -0.25) is 14.4 Å². The molecule has 0 bridgehead atoms. The molecule has 6 heteroatoms. The van der Waals surface area contributed by atoms with Crippen molar-refractivity contribution in [3.8, 4) is 0 Å². The minimum Gasteiger partial charge on any atom is -0.462 e. The van der Waals surface area contributed by atoms with E-state index in [1.54, 1.807) is 0 Å². The first-order chi connectivity index (χ1) is 38.0. The normalized spacial score (nSPS) is 12.4. The maximum atomic E-state index is 12.9. The third-order valence-electron chi connectivity index (χ3n) is 15.0. The van der Waals surface area contributed by atoms with Crippen LogP contribution in [0.2, 0.25) is 0 Å². The minimum atomic E-state index is -0.792. The summed E-state index contributed by atoms with van der Waals surface area (Å²) >= 11 is 0. The van der Waals surface area contributed by atoms with Crippen LogP contribution in [0.25, 0.3) is 0 Å².